The number of nitro benzene ring substituents is 1. The number of rotatable bonds is 6. The minimum atomic E-state index is -0.404. The Morgan fingerprint density at radius 1 is 1.32 bits per heavy atom. The number of allylic oxidation sites excluding steroid dienone is 1. The van der Waals surface area contributed by atoms with Gasteiger partial charge in [-0.15, -0.1) is 23.0 Å². The fourth-order valence-corrected chi connectivity index (χ4v) is 3.59. The molecule has 3 rings (SSSR count). The molecule has 0 aliphatic rings. The van der Waals surface area contributed by atoms with E-state index in [4.69, 9.17) is 11.6 Å². The first-order valence-electron chi connectivity index (χ1n) is 8.38. The molecule has 0 saturated carbocycles. The number of hydrogen-bond donors (Lipinski definition) is 0. The average molecular weight is 413 g/mol. The summed E-state index contributed by atoms with van der Waals surface area (Å²) in [4.78, 5) is 11.3. The Balaban J connectivity index is 2.03. The van der Waals surface area contributed by atoms with Gasteiger partial charge in [-0.25, -0.2) is 0 Å². The maximum Gasteiger partial charge on any atom is 0.270 e. The monoisotopic (exact) mass is 412 g/mol. The van der Waals surface area contributed by atoms with Gasteiger partial charge >= 0.3 is 0 Å². The number of nitrogens with zero attached hydrogens (tertiary/aromatic N) is 4. The van der Waals surface area contributed by atoms with E-state index in [-0.39, 0.29) is 5.69 Å². The van der Waals surface area contributed by atoms with Crippen molar-refractivity contribution in [2.45, 2.75) is 13.5 Å². The smallest absolute Gasteiger partial charge is 0.270 e. The van der Waals surface area contributed by atoms with Crippen LogP contribution in [0.4, 0.5) is 5.69 Å². The van der Waals surface area contributed by atoms with E-state index in [0.29, 0.717) is 16.4 Å². The molecule has 2 aromatic carbocycles. The fraction of sp³-hybridized carbons (Fsp3) is 0.100. The van der Waals surface area contributed by atoms with Crippen LogP contribution in [-0.4, -0.2) is 15.2 Å². The van der Waals surface area contributed by atoms with Crippen molar-refractivity contribution >= 4 is 34.3 Å². The number of benzene rings is 2. The Morgan fingerprint density at radius 3 is 2.75 bits per heavy atom. The lowest BCUT2D eigenvalue weighted by Crippen LogP contribution is -2.15. The van der Waals surface area contributed by atoms with E-state index in [1.165, 1.54) is 17.4 Å². The summed E-state index contributed by atoms with van der Waals surface area (Å²) in [5.74, 6) is 0. The van der Waals surface area contributed by atoms with Crippen molar-refractivity contribution < 1.29 is 4.92 Å². The fourth-order valence-electron chi connectivity index (χ4n) is 2.59. The Labute approximate surface area is 170 Å². The summed E-state index contributed by atoms with van der Waals surface area (Å²) >= 11 is 7.34. The first kappa shape index (κ1) is 19.7. The van der Waals surface area contributed by atoms with Crippen molar-refractivity contribution in [1.82, 2.24) is 4.57 Å². The third kappa shape index (κ3) is 4.44. The Hall–Kier alpha value is -3.03. The van der Waals surface area contributed by atoms with Crippen LogP contribution in [0.2, 0.25) is 5.02 Å². The third-order valence-corrected chi connectivity index (χ3v) is 5.12. The quantitative estimate of drug-likeness (QED) is 0.239. The van der Waals surface area contributed by atoms with Crippen LogP contribution in [-0.2, 0) is 6.54 Å². The zero-order chi connectivity index (χ0) is 20.1. The molecular formula is C20H17ClN4O2S. The zero-order valence-corrected chi connectivity index (χ0v) is 16.7. The van der Waals surface area contributed by atoms with Crippen LogP contribution in [0.25, 0.3) is 11.3 Å². The second-order valence-corrected chi connectivity index (χ2v) is 7.18. The highest BCUT2D eigenvalue weighted by atomic mass is 35.5. The third-order valence-electron chi connectivity index (χ3n) is 4.01. The van der Waals surface area contributed by atoms with Crippen molar-refractivity contribution in [3.05, 3.63) is 92.1 Å². The summed E-state index contributed by atoms with van der Waals surface area (Å²) < 4.78 is 1.93. The van der Waals surface area contributed by atoms with E-state index < -0.39 is 4.92 Å². The standard InChI is InChI=1S/C20H17ClN4O2S/c1-3-11-24-19(16-5-4-6-18(12-16)25(26)27)13-28-20(24)23-22-14(2)15-7-9-17(21)10-8-15/h3-10,12-13H,1,11H2,2H3/b22-14-,23-20-. The molecule has 6 nitrogen and oxygen atoms in total. The van der Waals surface area contributed by atoms with Gasteiger partial charge in [0, 0.05) is 34.6 Å². The lowest BCUT2D eigenvalue weighted by atomic mass is 10.1. The number of hydrogen-bond acceptors (Lipinski definition) is 5. The molecule has 0 fully saturated rings. The van der Waals surface area contributed by atoms with E-state index in [1.807, 2.05) is 35.1 Å². The first-order chi connectivity index (χ1) is 13.5. The van der Waals surface area contributed by atoms with Crippen LogP contribution in [0.15, 0.2) is 76.8 Å². The Morgan fingerprint density at radius 2 is 2.07 bits per heavy atom. The van der Waals surface area contributed by atoms with Crippen molar-refractivity contribution in [3.8, 4) is 11.3 Å². The summed E-state index contributed by atoms with van der Waals surface area (Å²) in [6.07, 6.45) is 1.75. The van der Waals surface area contributed by atoms with E-state index in [0.717, 1.165) is 22.5 Å². The van der Waals surface area contributed by atoms with E-state index >= 15 is 0 Å². The van der Waals surface area contributed by atoms with Gasteiger partial charge in [0.2, 0.25) is 4.80 Å². The summed E-state index contributed by atoms with van der Waals surface area (Å²) in [7, 11) is 0. The van der Waals surface area contributed by atoms with Gasteiger partial charge in [-0.3, -0.25) is 10.1 Å². The van der Waals surface area contributed by atoms with Gasteiger partial charge < -0.3 is 4.57 Å². The predicted molar refractivity (Wildman–Crippen MR) is 114 cm³/mol. The highest BCUT2D eigenvalue weighted by Crippen LogP contribution is 2.24. The minimum Gasteiger partial charge on any atom is -0.311 e. The van der Waals surface area contributed by atoms with Gasteiger partial charge in [-0.1, -0.05) is 41.9 Å². The molecule has 0 spiro atoms. The SMILES string of the molecule is C=CCn1c(-c2cccc([N+](=O)[O-])c2)cs/c1=N\N=C(\C)c1ccc(Cl)cc1. The second-order valence-electron chi connectivity index (χ2n) is 5.90. The van der Waals surface area contributed by atoms with Gasteiger partial charge in [0.05, 0.1) is 16.3 Å². The molecule has 0 unspecified atom stereocenters. The molecular weight excluding hydrogens is 396 g/mol. The van der Waals surface area contributed by atoms with Gasteiger partial charge in [-0.2, -0.15) is 5.10 Å². The molecule has 0 amide bonds. The summed E-state index contributed by atoms with van der Waals surface area (Å²) in [5, 5.41) is 22.4. The number of halogens is 1. The molecule has 0 saturated heterocycles. The molecule has 0 aliphatic carbocycles. The van der Waals surface area contributed by atoms with Gasteiger partial charge in [0.1, 0.15) is 0 Å². The van der Waals surface area contributed by atoms with Gasteiger partial charge in [-0.05, 0) is 24.6 Å². The minimum absolute atomic E-state index is 0.0453. The maximum absolute atomic E-state index is 11.1. The molecule has 0 bridgehead atoms. The van der Waals surface area contributed by atoms with E-state index in [1.54, 1.807) is 30.3 Å². The molecule has 0 aliphatic heterocycles. The van der Waals surface area contributed by atoms with Crippen molar-refractivity contribution in [2.75, 3.05) is 0 Å². The molecule has 0 N–H and O–H groups in total. The topological polar surface area (TPSA) is 72.8 Å². The largest absolute Gasteiger partial charge is 0.311 e. The molecule has 0 atom stereocenters. The number of non-ortho nitro benzene ring substituents is 1. The van der Waals surface area contributed by atoms with Crippen LogP contribution in [0.5, 0.6) is 0 Å². The lowest BCUT2D eigenvalue weighted by Gasteiger charge is -2.06. The number of nitro groups is 1. The molecule has 3 aromatic rings. The summed E-state index contributed by atoms with van der Waals surface area (Å²) in [6, 6.07) is 13.9. The van der Waals surface area contributed by atoms with Crippen LogP contribution in [0.3, 0.4) is 0 Å². The Kier molecular flexibility index (Phi) is 6.18. The second kappa shape index (κ2) is 8.77. The highest BCUT2D eigenvalue weighted by Gasteiger charge is 2.11. The molecule has 8 heteroatoms. The van der Waals surface area contributed by atoms with Crippen molar-refractivity contribution in [3.63, 3.8) is 0 Å². The van der Waals surface area contributed by atoms with Crippen LogP contribution in [0, 0.1) is 10.1 Å². The van der Waals surface area contributed by atoms with Crippen LogP contribution >= 0.6 is 22.9 Å². The van der Waals surface area contributed by atoms with E-state index in [2.05, 4.69) is 16.8 Å². The Bertz CT molecular complexity index is 1110. The summed E-state index contributed by atoms with van der Waals surface area (Å²) in [5.41, 5.74) is 3.30. The molecule has 0 radical (unpaired) electrons. The number of thiazole rings is 1. The summed E-state index contributed by atoms with van der Waals surface area (Å²) in [6.45, 7) is 6.18. The van der Waals surface area contributed by atoms with Crippen LogP contribution in [0.1, 0.15) is 12.5 Å². The lowest BCUT2D eigenvalue weighted by molar-refractivity contribution is -0.384. The molecule has 142 valence electrons. The highest BCUT2D eigenvalue weighted by molar-refractivity contribution is 7.07. The van der Waals surface area contributed by atoms with Crippen molar-refractivity contribution in [1.29, 1.82) is 0 Å². The van der Waals surface area contributed by atoms with E-state index in [9.17, 15) is 10.1 Å². The van der Waals surface area contributed by atoms with Crippen LogP contribution < -0.4 is 4.80 Å². The number of aromatic nitrogens is 1. The molecule has 1 aromatic heterocycles. The maximum atomic E-state index is 11.1. The first-order valence-corrected chi connectivity index (χ1v) is 9.63. The predicted octanol–water partition coefficient (Wildman–Crippen LogP) is 5.29. The molecule has 28 heavy (non-hydrogen) atoms. The zero-order valence-electron chi connectivity index (χ0n) is 15.1. The van der Waals surface area contributed by atoms with Gasteiger partial charge in [0.15, 0.2) is 0 Å². The molecule has 1 heterocycles. The van der Waals surface area contributed by atoms with Gasteiger partial charge in [0.25, 0.3) is 5.69 Å². The van der Waals surface area contributed by atoms with Crippen molar-refractivity contribution in [2.24, 2.45) is 10.2 Å². The average Bonchev–Trinajstić information content (AvgIpc) is 3.09. The normalized spacial score (nSPS) is 12.2.